The van der Waals surface area contributed by atoms with Gasteiger partial charge in [-0.25, -0.2) is 9.59 Å². The quantitative estimate of drug-likeness (QED) is 0.494. The van der Waals surface area contributed by atoms with Crippen LogP contribution in [0.2, 0.25) is 0 Å². The fourth-order valence-electron chi connectivity index (χ4n) is 2.34. The fraction of sp³-hybridized carbons (Fsp3) is 0.158. The molecule has 0 spiro atoms. The summed E-state index contributed by atoms with van der Waals surface area (Å²) in [6, 6.07) is 7.90. The van der Waals surface area contributed by atoms with Crippen LogP contribution in [0.15, 0.2) is 65.8 Å². The van der Waals surface area contributed by atoms with Crippen LogP contribution in [0.1, 0.15) is 5.56 Å². The van der Waals surface area contributed by atoms with Crippen molar-refractivity contribution in [2.24, 2.45) is 5.92 Å². The number of carboxylic acid groups (broad SMARTS) is 2. The zero-order valence-corrected chi connectivity index (χ0v) is 13.5. The third-order valence-electron chi connectivity index (χ3n) is 3.65. The molecular formula is C19H19NO4. The van der Waals surface area contributed by atoms with E-state index >= 15 is 0 Å². The normalized spacial score (nSPS) is 17.6. The highest BCUT2D eigenvalue weighted by Crippen LogP contribution is 2.25. The maximum atomic E-state index is 11.1. The number of nitrogens with zero attached hydrogens (tertiary/aromatic N) is 1. The molecule has 1 aliphatic rings. The summed E-state index contributed by atoms with van der Waals surface area (Å²) in [6.07, 6.45) is 10.4. The Kier molecular flexibility index (Phi) is 5.37. The van der Waals surface area contributed by atoms with Gasteiger partial charge in [0.15, 0.2) is 0 Å². The Hall–Kier alpha value is -3.08. The van der Waals surface area contributed by atoms with Gasteiger partial charge in [-0.05, 0) is 23.3 Å². The average Bonchev–Trinajstić information content (AvgIpc) is 2.53. The molecule has 5 heteroatoms. The summed E-state index contributed by atoms with van der Waals surface area (Å²) >= 11 is 0. The molecule has 0 aromatic heterocycles. The number of aliphatic carboxylic acids is 2. The first kappa shape index (κ1) is 17.3. The molecule has 0 fully saturated rings. The summed E-state index contributed by atoms with van der Waals surface area (Å²) in [5.41, 5.74) is 2.23. The van der Waals surface area contributed by atoms with Crippen LogP contribution in [0.4, 0.5) is 5.69 Å². The van der Waals surface area contributed by atoms with E-state index in [1.54, 1.807) is 12.2 Å². The molecule has 0 saturated heterocycles. The number of hydrogen-bond acceptors (Lipinski definition) is 3. The molecule has 24 heavy (non-hydrogen) atoms. The minimum Gasteiger partial charge on any atom is -0.477 e. The molecule has 1 aromatic rings. The molecule has 0 amide bonds. The van der Waals surface area contributed by atoms with E-state index in [9.17, 15) is 9.59 Å². The molecule has 2 N–H and O–H groups in total. The van der Waals surface area contributed by atoms with Crippen molar-refractivity contribution < 1.29 is 19.8 Å². The molecule has 1 unspecified atom stereocenters. The van der Waals surface area contributed by atoms with E-state index in [4.69, 9.17) is 10.2 Å². The molecule has 0 heterocycles. The second kappa shape index (κ2) is 7.46. The monoisotopic (exact) mass is 325 g/mol. The van der Waals surface area contributed by atoms with Crippen molar-refractivity contribution in [2.45, 2.75) is 0 Å². The molecule has 124 valence electrons. The van der Waals surface area contributed by atoms with Crippen LogP contribution in [-0.2, 0) is 9.59 Å². The summed E-state index contributed by atoms with van der Waals surface area (Å²) < 4.78 is 0. The van der Waals surface area contributed by atoms with Gasteiger partial charge < -0.3 is 15.1 Å². The number of benzene rings is 1. The minimum atomic E-state index is -1.44. The molecule has 1 atom stereocenters. The Morgan fingerprint density at radius 1 is 1.04 bits per heavy atom. The molecule has 0 bridgehead atoms. The number of rotatable bonds is 5. The molecule has 0 saturated carbocycles. The van der Waals surface area contributed by atoms with Crippen LogP contribution < -0.4 is 4.90 Å². The van der Waals surface area contributed by atoms with Crippen LogP contribution >= 0.6 is 0 Å². The van der Waals surface area contributed by atoms with Crippen molar-refractivity contribution >= 4 is 23.7 Å². The van der Waals surface area contributed by atoms with E-state index in [2.05, 4.69) is 0 Å². The van der Waals surface area contributed by atoms with Crippen LogP contribution in [0.5, 0.6) is 0 Å². The van der Waals surface area contributed by atoms with Gasteiger partial charge in [0.25, 0.3) is 0 Å². The summed E-state index contributed by atoms with van der Waals surface area (Å²) in [5, 5.41) is 18.0. The maximum absolute atomic E-state index is 11.1. The van der Waals surface area contributed by atoms with Crippen molar-refractivity contribution in [3.8, 4) is 0 Å². The number of allylic oxidation sites excluding steroid dienone is 6. The lowest BCUT2D eigenvalue weighted by atomic mass is 9.91. The number of hydrogen-bond donors (Lipinski definition) is 2. The molecule has 0 radical (unpaired) electrons. The van der Waals surface area contributed by atoms with Crippen molar-refractivity contribution in [1.82, 2.24) is 0 Å². The van der Waals surface area contributed by atoms with Gasteiger partial charge >= 0.3 is 11.9 Å². The van der Waals surface area contributed by atoms with E-state index < -0.39 is 23.4 Å². The van der Waals surface area contributed by atoms with Crippen LogP contribution in [0.3, 0.4) is 0 Å². The predicted molar refractivity (Wildman–Crippen MR) is 93.9 cm³/mol. The van der Waals surface area contributed by atoms with E-state index in [1.807, 2.05) is 61.5 Å². The van der Waals surface area contributed by atoms with Crippen molar-refractivity contribution in [3.63, 3.8) is 0 Å². The summed E-state index contributed by atoms with van der Waals surface area (Å²) in [5.74, 6) is -3.29. The lowest BCUT2D eigenvalue weighted by molar-refractivity contribution is -0.140. The van der Waals surface area contributed by atoms with Gasteiger partial charge in [0.1, 0.15) is 5.57 Å². The number of carbonyl (C=O) groups is 2. The first-order chi connectivity index (χ1) is 11.4. The third kappa shape index (κ3) is 4.23. The van der Waals surface area contributed by atoms with E-state index in [0.29, 0.717) is 0 Å². The zero-order valence-electron chi connectivity index (χ0n) is 13.5. The van der Waals surface area contributed by atoms with Gasteiger partial charge in [-0.1, -0.05) is 48.6 Å². The Balaban J connectivity index is 2.34. The van der Waals surface area contributed by atoms with Gasteiger partial charge in [0.05, 0.1) is 0 Å². The third-order valence-corrected chi connectivity index (χ3v) is 3.65. The van der Waals surface area contributed by atoms with Crippen LogP contribution in [-0.4, -0.2) is 36.2 Å². The Morgan fingerprint density at radius 3 is 2.21 bits per heavy atom. The fourth-order valence-corrected chi connectivity index (χ4v) is 2.34. The van der Waals surface area contributed by atoms with Gasteiger partial charge in [0, 0.05) is 25.7 Å². The largest absolute Gasteiger partial charge is 0.477 e. The SMILES string of the molecule is CN(C)c1ccc(C=C2C=CC=CC2C=C(C(=O)O)C(=O)O)cc1. The van der Waals surface area contributed by atoms with E-state index in [1.165, 1.54) is 6.08 Å². The number of carboxylic acids is 2. The Labute approximate surface area is 140 Å². The second-order valence-electron chi connectivity index (χ2n) is 5.59. The first-order valence-electron chi connectivity index (χ1n) is 7.40. The minimum absolute atomic E-state index is 0.397. The van der Waals surface area contributed by atoms with Crippen molar-refractivity contribution in [1.29, 1.82) is 0 Å². The zero-order chi connectivity index (χ0) is 17.7. The smallest absolute Gasteiger partial charge is 0.342 e. The maximum Gasteiger partial charge on any atom is 0.342 e. The Bertz CT molecular complexity index is 736. The summed E-state index contributed by atoms with van der Waals surface area (Å²) in [6.45, 7) is 0. The number of anilines is 1. The average molecular weight is 325 g/mol. The summed E-state index contributed by atoms with van der Waals surface area (Å²) in [4.78, 5) is 24.1. The van der Waals surface area contributed by atoms with Crippen LogP contribution in [0, 0.1) is 5.92 Å². The lowest BCUT2D eigenvalue weighted by Gasteiger charge is -2.15. The van der Waals surface area contributed by atoms with Crippen molar-refractivity contribution in [3.05, 3.63) is 71.4 Å². The van der Waals surface area contributed by atoms with Gasteiger partial charge in [-0.3, -0.25) is 0 Å². The topological polar surface area (TPSA) is 77.8 Å². The molecule has 1 aromatic carbocycles. The van der Waals surface area contributed by atoms with E-state index in [0.717, 1.165) is 16.8 Å². The van der Waals surface area contributed by atoms with Crippen LogP contribution in [0.25, 0.3) is 6.08 Å². The predicted octanol–water partition coefficient (Wildman–Crippen LogP) is 2.97. The highest BCUT2D eigenvalue weighted by atomic mass is 16.4. The van der Waals surface area contributed by atoms with Gasteiger partial charge in [-0.2, -0.15) is 0 Å². The standard InChI is InChI=1S/C19H19NO4/c1-20(2)16-9-7-13(8-10-16)11-14-5-3-4-6-15(14)12-17(18(21)22)19(23)24/h3-12,15H,1-2H3,(H,21,22)(H,23,24). The molecular weight excluding hydrogens is 306 g/mol. The highest BCUT2D eigenvalue weighted by molar-refractivity contribution is 6.12. The molecule has 1 aliphatic carbocycles. The lowest BCUT2D eigenvalue weighted by Crippen LogP contribution is -2.13. The Morgan fingerprint density at radius 2 is 1.67 bits per heavy atom. The molecule has 2 rings (SSSR count). The molecule has 0 aliphatic heterocycles. The van der Waals surface area contributed by atoms with E-state index in [-0.39, 0.29) is 0 Å². The summed E-state index contributed by atoms with van der Waals surface area (Å²) in [7, 11) is 3.92. The van der Waals surface area contributed by atoms with Crippen molar-refractivity contribution in [2.75, 3.05) is 19.0 Å². The van der Waals surface area contributed by atoms with Gasteiger partial charge in [0.2, 0.25) is 0 Å². The highest BCUT2D eigenvalue weighted by Gasteiger charge is 2.19. The first-order valence-corrected chi connectivity index (χ1v) is 7.40. The second-order valence-corrected chi connectivity index (χ2v) is 5.59. The van der Waals surface area contributed by atoms with Gasteiger partial charge in [-0.15, -0.1) is 0 Å². The molecule has 5 nitrogen and oxygen atoms in total.